The van der Waals surface area contributed by atoms with Crippen LogP contribution in [-0.2, 0) is 4.79 Å². The van der Waals surface area contributed by atoms with Gasteiger partial charge in [0.2, 0.25) is 5.91 Å². The SMILES string of the molecule is Cc1nc(C)c(-c2nnc(SC(C(=O)NC3CCCC3)C(C)C)o2)s1. The Morgan fingerprint density at radius 3 is 2.60 bits per heavy atom. The van der Waals surface area contributed by atoms with Gasteiger partial charge in [0, 0.05) is 6.04 Å². The van der Waals surface area contributed by atoms with Gasteiger partial charge in [0.05, 0.1) is 16.0 Å². The highest BCUT2D eigenvalue weighted by molar-refractivity contribution is 8.00. The minimum atomic E-state index is -0.238. The van der Waals surface area contributed by atoms with E-state index in [-0.39, 0.29) is 17.1 Å². The van der Waals surface area contributed by atoms with Crippen LogP contribution in [0.5, 0.6) is 0 Å². The number of hydrogen-bond acceptors (Lipinski definition) is 7. The third-order valence-electron chi connectivity index (χ3n) is 4.30. The Bertz CT molecular complexity index is 735. The van der Waals surface area contributed by atoms with Crippen molar-refractivity contribution in [1.29, 1.82) is 0 Å². The molecular formula is C17H24N4O2S2. The molecule has 1 N–H and O–H groups in total. The van der Waals surface area contributed by atoms with Gasteiger partial charge in [0.15, 0.2) is 0 Å². The van der Waals surface area contributed by atoms with E-state index >= 15 is 0 Å². The molecule has 2 heterocycles. The van der Waals surface area contributed by atoms with Crippen molar-refractivity contribution in [2.45, 2.75) is 69.9 Å². The van der Waals surface area contributed by atoms with Crippen LogP contribution in [0.15, 0.2) is 9.64 Å². The summed E-state index contributed by atoms with van der Waals surface area (Å²) in [5.74, 6) is 0.718. The first-order chi connectivity index (χ1) is 11.9. The Balaban J connectivity index is 1.70. The van der Waals surface area contributed by atoms with Gasteiger partial charge in [0.25, 0.3) is 11.1 Å². The maximum atomic E-state index is 12.6. The summed E-state index contributed by atoms with van der Waals surface area (Å²) in [4.78, 5) is 17.9. The Hall–Kier alpha value is -1.41. The standard InChI is InChI=1S/C17H24N4O2S2/c1-9(2)13(15(22)19-12-7-5-6-8-12)25-17-21-20-16(23-17)14-10(3)18-11(4)24-14/h9,12-13H,5-8H2,1-4H3,(H,19,22). The van der Waals surface area contributed by atoms with E-state index in [0.717, 1.165) is 28.4 Å². The number of thiazole rings is 1. The zero-order chi connectivity index (χ0) is 18.0. The Labute approximate surface area is 156 Å². The lowest BCUT2D eigenvalue weighted by Crippen LogP contribution is -2.40. The molecule has 2 aromatic heterocycles. The van der Waals surface area contributed by atoms with Gasteiger partial charge >= 0.3 is 0 Å². The number of aryl methyl sites for hydroxylation is 2. The maximum Gasteiger partial charge on any atom is 0.277 e. The van der Waals surface area contributed by atoms with Gasteiger partial charge in [-0.15, -0.1) is 21.5 Å². The van der Waals surface area contributed by atoms with Crippen LogP contribution >= 0.6 is 23.1 Å². The Morgan fingerprint density at radius 1 is 1.28 bits per heavy atom. The van der Waals surface area contributed by atoms with Crippen LogP contribution in [0.4, 0.5) is 0 Å². The molecule has 2 aromatic rings. The van der Waals surface area contributed by atoms with Gasteiger partial charge in [-0.3, -0.25) is 4.79 Å². The number of nitrogens with one attached hydrogen (secondary N) is 1. The fourth-order valence-corrected chi connectivity index (χ4v) is 4.75. The van der Waals surface area contributed by atoms with Crippen LogP contribution in [-0.4, -0.2) is 32.4 Å². The molecule has 1 aliphatic carbocycles. The number of carbonyl (C=O) groups is 1. The second-order valence-electron chi connectivity index (χ2n) is 6.79. The lowest BCUT2D eigenvalue weighted by atomic mass is 10.1. The Kier molecular flexibility index (Phi) is 5.78. The molecule has 1 amide bonds. The third kappa shape index (κ3) is 4.41. The summed E-state index contributed by atoms with van der Waals surface area (Å²) in [6.45, 7) is 7.97. The van der Waals surface area contributed by atoms with Gasteiger partial charge in [-0.2, -0.15) is 0 Å². The molecule has 1 saturated carbocycles. The monoisotopic (exact) mass is 380 g/mol. The lowest BCUT2D eigenvalue weighted by Gasteiger charge is -2.20. The van der Waals surface area contributed by atoms with Crippen LogP contribution in [0.3, 0.4) is 0 Å². The first-order valence-electron chi connectivity index (χ1n) is 8.69. The van der Waals surface area contributed by atoms with Crippen molar-refractivity contribution in [2.75, 3.05) is 0 Å². The maximum absolute atomic E-state index is 12.6. The third-order valence-corrected chi connectivity index (χ3v) is 6.74. The average Bonchev–Trinajstić information content (AvgIpc) is 3.26. The van der Waals surface area contributed by atoms with Gasteiger partial charge in [-0.05, 0) is 32.6 Å². The van der Waals surface area contributed by atoms with E-state index in [4.69, 9.17) is 4.42 Å². The normalized spacial score (nSPS) is 16.5. The molecule has 1 fully saturated rings. The van der Waals surface area contributed by atoms with Crippen molar-refractivity contribution in [3.8, 4) is 10.8 Å². The molecule has 0 spiro atoms. The number of amides is 1. The van der Waals surface area contributed by atoms with Crippen LogP contribution in [0.2, 0.25) is 0 Å². The van der Waals surface area contributed by atoms with Crippen LogP contribution in [0.1, 0.15) is 50.2 Å². The zero-order valence-electron chi connectivity index (χ0n) is 15.0. The number of thioether (sulfide) groups is 1. The van der Waals surface area contributed by atoms with Crippen molar-refractivity contribution in [1.82, 2.24) is 20.5 Å². The fourth-order valence-electron chi connectivity index (χ4n) is 3.03. The van der Waals surface area contributed by atoms with E-state index in [1.54, 1.807) is 0 Å². The van der Waals surface area contributed by atoms with E-state index < -0.39 is 0 Å². The first kappa shape index (κ1) is 18.4. The zero-order valence-corrected chi connectivity index (χ0v) is 16.7. The number of nitrogens with zero attached hydrogens (tertiary/aromatic N) is 3. The molecule has 1 atom stereocenters. The minimum Gasteiger partial charge on any atom is -0.410 e. The van der Waals surface area contributed by atoms with E-state index in [9.17, 15) is 4.79 Å². The number of carbonyl (C=O) groups excluding carboxylic acids is 1. The lowest BCUT2D eigenvalue weighted by molar-refractivity contribution is -0.121. The average molecular weight is 381 g/mol. The van der Waals surface area contributed by atoms with E-state index in [0.29, 0.717) is 17.2 Å². The summed E-state index contributed by atoms with van der Waals surface area (Å²) >= 11 is 2.89. The van der Waals surface area contributed by atoms with Crippen molar-refractivity contribution in [2.24, 2.45) is 5.92 Å². The van der Waals surface area contributed by atoms with Gasteiger partial charge in [-0.25, -0.2) is 4.98 Å². The topological polar surface area (TPSA) is 80.9 Å². The summed E-state index contributed by atoms with van der Waals surface area (Å²) < 4.78 is 5.80. The molecule has 0 bridgehead atoms. The van der Waals surface area contributed by atoms with Crippen molar-refractivity contribution in [3.63, 3.8) is 0 Å². The molecule has 0 radical (unpaired) electrons. The first-order valence-corrected chi connectivity index (χ1v) is 10.4. The molecule has 8 heteroatoms. The summed E-state index contributed by atoms with van der Waals surface area (Å²) in [5, 5.41) is 12.6. The molecule has 3 rings (SSSR count). The molecule has 0 aromatic carbocycles. The van der Waals surface area contributed by atoms with E-state index in [1.807, 2.05) is 27.7 Å². The minimum absolute atomic E-state index is 0.0662. The molecular weight excluding hydrogens is 356 g/mol. The second kappa shape index (κ2) is 7.86. The van der Waals surface area contributed by atoms with Gasteiger partial charge < -0.3 is 9.73 Å². The highest BCUT2D eigenvalue weighted by Gasteiger charge is 2.29. The highest BCUT2D eigenvalue weighted by atomic mass is 32.2. The number of rotatable bonds is 6. The number of hydrogen-bond donors (Lipinski definition) is 1. The predicted octanol–water partition coefficient (Wildman–Crippen LogP) is 3.99. The van der Waals surface area contributed by atoms with Crippen molar-refractivity contribution in [3.05, 3.63) is 10.7 Å². The molecule has 6 nitrogen and oxygen atoms in total. The summed E-state index contributed by atoms with van der Waals surface area (Å²) in [5.41, 5.74) is 0.891. The molecule has 25 heavy (non-hydrogen) atoms. The van der Waals surface area contributed by atoms with Gasteiger partial charge in [-0.1, -0.05) is 38.5 Å². The van der Waals surface area contributed by atoms with Gasteiger partial charge in [0.1, 0.15) is 4.88 Å². The molecule has 0 aliphatic heterocycles. The predicted molar refractivity (Wildman–Crippen MR) is 99.8 cm³/mol. The summed E-state index contributed by atoms with van der Waals surface area (Å²) in [6, 6.07) is 0.315. The Morgan fingerprint density at radius 2 is 2.00 bits per heavy atom. The highest BCUT2D eigenvalue weighted by Crippen LogP contribution is 2.33. The largest absolute Gasteiger partial charge is 0.410 e. The van der Waals surface area contributed by atoms with Crippen molar-refractivity contribution < 1.29 is 9.21 Å². The molecule has 1 unspecified atom stereocenters. The molecule has 0 saturated heterocycles. The molecule has 1 aliphatic rings. The second-order valence-corrected chi connectivity index (χ2v) is 9.09. The number of aromatic nitrogens is 3. The van der Waals surface area contributed by atoms with E-state index in [2.05, 4.69) is 20.5 Å². The molecule has 136 valence electrons. The van der Waals surface area contributed by atoms with Crippen LogP contribution in [0.25, 0.3) is 10.8 Å². The quantitative estimate of drug-likeness (QED) is 0.763. The van der Waals surface area contributed by atoms with Crippen LogP contribution < -0.4 is 5.32 Å². The smallest absolute Gasteiger partial charge is 0.277 e. The summed E-state index contributed by atoms with van der Waals surface area (Å²) in [7, 11) is 0. The van der Waals surface area contributed by atoms with E-state index in [1.165, 1.54) is 35.9 Å². The fraction of sp³-hybridized carbons (Fsp3) is 0.647. The van der Waals surface area contributed by atoms with Crippen molar-refractivity contribution >= 4 is 29.0 Å². The summed E-state index contributed by atoms with van der Waals surface area (Å²) in [6.07, 6.45) is 4.56. The van der Waals surface area contributed by atoms with Crippen LogP contribution in [0, 0.1) is 19.8 Å².